The van der Waals surface area contributed by atoms with Crippen molar-refractivity contribution in [2.75, 3.05) is 19.5 Å². The lowest BCUT2D eigenvalue weighted by Gasteiger charge is -2.16. The molecule has 0 unspecified atom stereocenters. The van der Waals surface area contributed by atoms with E-state index in [1.807, 2.05) is 6.92 Å². The van der Waals surface area contributed by atoms with Gasteiger partial charge in [0, 0.05) is 18.0 Å². The van der Waals surface area contributed by atoms with Gasteiger partial charge in [-0.1, -0.05) is 23.6 Å². The smallest absolute Gasteiger partial charge is 0.295 e. The monoisotopic (exact) mass is 405 g/mol. The lowest BCUT2D eigenvalue weighted by Crippen LogP contribution is -2.16. The van der Waals surface area contributed by atoms with Crippen LogP contribution in [0.4, 0.5) is 5.13 Å². The highest BCUT2D eigenvalue weighted by molar-refractivity contribution is 7.17. The average Bonchev–Trinajstić information content (AvgIpc) is 3.14. The largest absolute Gasteiger partial charge is 0.494 e. The van der Waals surface area contributed by atoms with Crippen molar-refractivity contribution in [1.29, 1.82) is 0 Å². The number of aryl methyl sites for hydroxylation is 1. The van der Waals surface area contributed by atoms with Gasteiger partial charge in [0.1, 0.15) is 5.15 Å². The van der Waals surface area contributed by atoms with Crippen molar-refractivity contribution in [2.24, 2.45) is 0 Å². The fourth-order valence-electron chi connectivity index (χ4n) is 2.52. The molecule has 0 saturated carbocycles. The summed E-state index contributed by atoms with van der Waals surface area (Å²) in [5, 5.41) is 11.4. The van der Waals surface area contributed by atoms with E-state index >= 15 is 0 Å². The Morgan fingerprint density at radius 1 is 1.26 bits per heavy atom. The molecule has 0 bridgehead atoms. The predicted molar refractivity (Wildman–Crippen MR) is 103 cm³/mol. The van der Waals surface area contributed by atoms with E-state index in [0.717, 1.165) is 11.3 Å². The summed E-state index contributed by atoms with van der Waals surface area (Å²) in [7, 11) is 2.99. The summed E-state index contributed by atoms with van der Waals surface area (Å²) in [6, 6.07) is 3.41. The molecule has 27 heavy (non-hydrogen) atoms. The third kappa shape index (κ3) is 3.99. The lowest BCUT2D eigenvalue weighted by atomic mass is 9.99. The number of aromatic nitrogens is 4. The van der Waals surface area contributed by atoms with Crippen LogP contribution in [-0.4, -0.2) is 40.3 Å². The van der Waals surface area contributed by atoms with Crippen LogP contribution in [0.5, 0.6) is 10.9 Å². The molecule has 0 spiro atoms. The van der Waals surface area contributed by atoms with E-state index in [4.69, 9.17) is 21.1 Å². The third-order valence-electron chi connectivity index (χ3n) is 3.71. The second-order valence-electron chi connectivity index (χ2n) is 5.28. The van der Waals surface area contributed by atoms with Crippen molar-refractivity contribution in [3.63, 3.8) is 0 Å². The zero-order valence-electron chi connectivity index (χ0n) is 14.8. The van der Waals surface area contributed by atoms with E-state index in [-0.39, 0.29) is 0 Å². The SMILES string of the molecule is CCc1ncc(-c2ccnc(Cl)c2)c(C(=O)Nc2nnc(OC)s2)c1OC. The Morgan fingerprint density at radius 2 is 2.07 bits per heavy atom. The first-order valence-electron chi connectivity index (χ1n) is 7.94. The van der Waals surface area contributed by atoms with Gasteiger partial charge in [0.2, 0.25) is 5.13 Å². The van der Waals surface area contributed by atoms with Gasteiger partial charge in [0.25, 0.3) is 11.1 Å². The molecular formula is C17H16ClN5O3S. The second-order valence-corrected chi connectivity index (χ2v) is 6.61. The maximum Gasteiger partial charge on any atom is 0.295 e. The maximum absolute atomic E-state index is 13.1. The molecule has 0 aliphatic heterocycles. The molecule has 0 aliphatic rings. The van der Waals surface area contributed by atoms with Crippen molar-refractivity contribution >= 4 is 34.0 Å². The van der Waals surface area contributed by atoms with Crippen molar-refractivity contribution in [1.82, 2.24) is 20.2 Å². The molecule has 0 atom stereocenters. The number of anilines is 1. The number of methoxy groups -OCH3 is 2. The Morgan fingerprint density at radius 3 is 2.70 bits per heavy atom. The summed E-state index contributed by atoms with van der Waals surface area (Å²) in [5.41, 5.74) is 2.27. The zero-order chi connectivity index (χ0) is 19.4. The number of rotatable bonds is 6. The molecule has 0 radical (unpaired) electrons. The minimum atomic E-state index is -0.398. The van der Waals surface area contributed by atoms with Gasteiger partial charge in [-0.25, -0.2) is 4.98 Å². The first-order valence-corrected chi connectivity index (χ1v) is 9.13. The summed E-state index contributed by atoms with van der Waals surface area (Å²) in [6.07, 6.45) is 3.80. The highest BCUT2D eigenvalue weighted by Crippen LogP contribution is 2.34. The molecule has 3 heterocycles. The Hall–Kier alpha value is -2.78. The number of pyridine rings is 2. The van der Waals surface area contributed by atoms with Gasteiger partial charge in [-0.05, 0) is 35.5 Å². The quantitative estimate of drug-likeness (QED) is 0.626. The summed E-state index contributed by atoms with van der Waals surface area (Å²) >= 11 is 7.13. The van der Waals surface area contributed by atoms with Crippen molar-refractivity contribution in [3.8, 4) is 22.1 Å². The van der Waals surface area contributed by atoms with Gasteiger partial charge in [0.05, 0.1) is 25.5 Å². The Labute approximate surface area is 164 Å². The topological polar surface area (TPSA) is 99.1 Å². The van der Waals surface area contributed by atoms with Crippen LogP contribution in [0.1, 0.15) is 23.0 Å². The number of hydrogen-bond donors (Lipinski definition) is 1. The van der Waals surface area contributed by atoms with Crippen LogP contribution in [0.25, 0.3) is 11.1 Å². The Bertz CT molecular complexity index is 979. The van der Waals surface area contributed by atoms with Gasteiger partial charge in [0.15, 0.2) is 5.75 Å². The minimum Gasteiger partial charge on any atom is -0.494 e. The van der Waals surface area contributed by atoms with Gasteiger partial charge in [-0.15, -0.1) is 5.10 Å². The van der Waals surface area contributed by atoms with Crippen LogP contribution in [0.15, 0.2) is 24.5 Å². The number of ether oxygens (including phenoxy) is 2. The van der Waals surface area contributed by atoms with Gasteiger partial charge >= 0.3 is 0 Å². The fraction of sp³-hybridized carbons (Fsp3) is 0.235. The molecule has 3 aromatic rings. The molecule has 0 aliphatic carbocycles. The summed E-state index contributed by atoms with van der Waals surface area (Å²) in [4.78, 5) is 21.5. The van der Waals surface area contributed by atoms with Crippen molar-refractivity contribution < 1.29 is 14.3 Å². The van der Waals surface area contributed by atoms with Crippen LogP contribution in [0.3, 0.4) is 0 Å². The standard InChI is InChI=1S/C17H16ClN5O3S/c1-4-11-14(25-2)13(15(24)21-16-22-23-17(26-3)27-16)10(8-20-11)9-5-6-19-12(18)7-9/h5-8H,4H2,1-3H3,(H,21,22,24). The Kier molecular flexibility index (Phi) is 5.82. The first kappa shape index (κ1) is 19.0. The van der Waals surface area contributed by atoms with E-state index in [1.165, 1.54) is 14.2 Å². The summed E-state index contributed by atoms with van der Waals surface area (Å²) in [5.74, 6) is 0.00241. The van der Waals surface area contributed by atoms with Crippen LogP contribution < -0.4 is 14.8 Å². The van der Waals surface area contributed by atoms with Crippen LogP contribution in [0, 0.1) is 0 Å². The molecule has 140 valence electrons. The number of nitrogens with one attached hydrogen (secondary N) is 1. The third-order valence-corrected chi connectivity index (χ3v) is 4.72. The molecular weight excluding hydrogens is 390 g/mol. The summed E-state index contributed by atoms with van der Waals surface area (Å²) < 4.78 is 10.5. The fourth-order valence-corrected chi connectivity index (χ4v) is 3.25. The number of hydrogen-bond acceptors (Lipinski definition) is 8. The first-order chi connectivity index (χ1) is 13.1. The molecule has 3 rings (SSSR count). The number of carbonyl (C=O) groups excluding carboxylic acids is 1. The van der Waals surface area contributed by atoms with Gasteiger partial charge in [-0.2, -0.15) is 0 Å². The average molecular weight is 406 g/mol. The van der Waals surface area contributed by atoms with E-state index in [2.05, 4.69) is 25.5 Å². The van der Waals surface area contributed by atoms with E-state index < -0.39 is 5.91 Å². The minimum absolute atomic E-state index is 0.311. The molecule has 0 saturated heterocycles. The highest BCUT2D eigenvalue weighted by Gasteiger charge is 2.23. The van der Waals surface area contributed by atoms with Crippen LogP contribution in [-0.2, 0) is 6.42 Å². The van der Waals surface area contributed by atoms with Crippen molar-refractivity contribution in [3.05, 3.63) is 40.9 Å². The number of halogens is 1. The predicted octanol–water partition coefficient (Wildman–Crippen LogP) is 3.48. The Balaban J connectivity index is 2.10. The number of amides is 1. The molecule has 3 aromatic heterocycles. The lowest BCUT2D eigenvalue weighted by molar-refractivity contribution is 0.102. The van der Waals surface area contributed by atoms with E-state index in [1.54, 1.807) is 24.5 Å². The normalized spacial score (nSPS) is 10.5. The number of nitrogens with zero attached hydrogens (tertiary/aromatic N) is 4. The molecule has 8 nitrogen and oxygen atoms in total. The maximum atomic E-state index is 13.1. The second kappa shape index (κ2) is 8.28. The summed E-state index contributed by atoms with van der Waals surface area (Å²) in [6.45, 7) is 1.94. The van der Waals surface area contributed by atoms with E-state index in [0.29, 0.717) is 50.0 Å². The van der Waals surface area contributed by atoms with Gasteiger partial charge < -0.3 is 9.47 Å². The number of carbonyl (C=O) groups is 1. The van der Waals surface area contributed by atoms with E-state index in [9.17, 15) is 4.79 Å². The molecule has 1 N–H and O–H groups in total. The van der Waals surface area contributed by atoms with Crippen LogP contribution in [0.2, 0.25) is 5.15 Å². The van der Waals surface area contributed by atoms with Crippen LogP contribution >= 0.6 is 22.9 Å². The molecule has 0 aromatic carbocycles. The molecule has 0 fully saturated rings. The van der Waals surface area contributed by atoms with Crippen molar-refractivity contribution in [2.45, 2.75) is 13.3 Å². The van der Waals surface area contributed by atoms with Gasteiger partial charge in [-0.3, -0.25) is 15.1 Å². The zero-order valence-corrected chi connectivity index (χ0v) is 16.4. The highest BCUT2D eigenvalue weighted by atomic mass is 35.5. The molecule has 10 heteroatoms. The molecule has 1 amide bonds.